The van der Waals surface area contributed by atoms with Gasteiger partial charge in [0, 0.05) is 19.1 Å². The lowest BCUT2D eigenvalue weighted by Crippen LogP contribution is -2.37. The largest absolute Gasteiger partial charge is 0.342 e. The van der Waals surface area contributed by atoms with E-state index in [4.69, 9.17) is 0 Å². The highest BCUT2D eigenvalue weighted by Crippen LogP contribution is 2.13. The Bertz CT molecular complexity index is 399. The molecule has 98 valence electrons. The number of hydrogen-bond acceptors (Lipinski definition) is 2. The number of amides is 1. The van der Waals surface area contributed by atoms with Crippen LogP contribution in [0.15, 0.2) is 24.3 Å². The minimum atomic E-state index is -0.237. The van der Waals surface area contributed by atoms with Crippen molar-refractivity contribution in [2.45, 2.75) is 25.8 Å². The molecule has 0 spiro atoms. The van der Waals surface area contributed by atoms with Gasteiger partial charge in [0.2, 0.25) is 5.91 Å². The highest BCUT2D eigenvalue weighted by atomic mass is 19.1. The Morgan fingerprint density at radius 1 is 1.33 bits per heavy atom. The molecule has 0 radical (unpaired) electrons. The fourth-order valence-corrected chi connectivity index (χ4v) is 2.19. The third-order valence-electron chi connectivity index (χ3n) is 3.39. The molecule has 2 rings (SSSR count). The first-order valence-corrected chi connectivity index (χ1v) is 6.43. The summed E-state index contributed by atoms with van der Waals surface area (Å²) in [5, 5.41) is 3.18. The van der Waals surface area contributed by atoms with Gasteiger partial charge in [-0.05, 0) is 37.5 Å². The summed E-state index contributed by atoms with van der Waals surface area (Å²) >= 11 is 0. The predicted molar refractivity (Wildman–Crippen MR) is 68.6 cm³/mol. The summed E-state index contributed by atoms with van der Waals surface area (Å²) in [6, 6.07) is 6.42. The standard InChI is InChI=1S/C14H19FN2O/c1-11(12-4-6-13(15)7-5-12)16-10-14(18)17-8-2-3-9-17/h4-7,11,16H,2-3,8-10H2,1H3/t11-/m1/s1. The van der Waals surface area contributed by atoms with Gasteiger partial charge in [-0.2, -0.15) is 0 Å². The first kappa shape index (κ1) is 13.0. The molecule has 1 aliphatic heterocycles. The van der Waals surface area contributed by atoms with Crippen LogP contribution in [0.1, 0.15) is 31.4 Å². The van der Waals surface area contributed by atoms with Crippen LogP contribution >= 0.6 is 0 Å². The number of carbonyl (C=O) groups excluding carboxylic acids is 1. The van der Waals surface area contributed by atoms with Crippen LogP contribution in [0.3, 0.4) is 0 Å². The second-order valence-corrected chi connectivity index (χ2v) is 4.74. The molecule has 1 saturated heterocycles. The van der Waals surface area contributed by atoms with Crippen LogP contribution in [-0.4, -0.2) is 30.4 Å². The summed E-state index contributed by atoms with van der Waals surface area (Å²) in [6.07, 6.45) is 2.22. The summed E-state index contributed by atoms with van der Waals surface area (Å²) in [5.41, 5.74) is 0.991. The fraction of sp³-hybridized carbons (Fsp3) is 0.500. The zero-order valence-corrected chi connectivity index (χ0v) is 10.7. The van der Waals surface area contributed by atoms with Crippen molar-refractivity contribution in [3.63, 3.8) is 0 Å². The van der Waals surface area contributed by atoms with E-state index in [9.17, 15) is 9.18 Å². The van der Waals surface area contributed by atoms with E-state index >= 15 is 0 Å². The van der Waals surface area contributed by atoms with Gasteiger partial charge in [-0.1, -0.05) is 12.1 Å². The van der Waals surface area contributed by atoms with Gasteiger partial charge in [0.25, 0.3) is 0 Å². The molecule has 1 N–H and O–H groups in total. The molecule has 1 aromatic carbocycles. The zero-order chi connectivity index (χ0) is 13.0. The Labute approximate surface area is 107 Å². The normalized spacial score (nSPS) is 16.9. The van der Waals surface area contributed by atoms with Crippen molar-refractivity contribution in [2.24, 2.45) is 0 Å². The highest BCUT2D eigenvalue weighted by Gasteiger charge is 2.18. The molecule has 1 fully saturated rings. The van der Waals surface area contributed by atoms with Crippen molar-refractivity contribution in [1.82, 2.24) is 10.2 Å². The molecule has 1 aromatic rings. The molecule has 0 bridgehead atoms. The summed E-state index contributed by atoms with van der Waals surface area (Å²) in [4.78, 5) is 13.7. The number of carbonyl (C=O) groups is 1. The molecule has 0 saturated carbocycles. The molecule has 1 atom stereocenters. The SMILES string of the molecule is C[C@@H](NCC(=O)N1CCCC1)c1ccc(F)cc1. The number of benzene rings is 1. The van der Waals surface area contributed by atoms with Gasteiger partial charge in [0.05, 0.1) is 6.54 Å². The molecule has 3 nitrogen and oxygen atoms in total. The van der Waals surface area contributed by atoms with Gasteiger partial charge in [0.1, 0.15) is 5.82 Å². The maximum Gasteiger partial charge on any atom is 0.236 e. The molecule has 1 amide bonds. The van der Waals surface area contributed by atoms with E-state index in [1.807, 2.05) is 11.8 Å². The maximum atomic E-state index is 12.8. The lowest BCUT2D eigenvalue weighted by atomic mass is 10.1. The lowest BCUT2D eigenvalue weighted by Gasteiger charge is -2.18. The van der Waals surface area contributed by atoms with E-state index in [1.54, 1.807) is 12.1 Å². The Hall–Kier alpha value is -1.42. The zero-order valence-electron chi connectivity index (χ0n) is 10.7. The van der Waals surface area contributed by atoms with E-state index in [-0.39, 0.29) is 17.8 Å². The minimum Gasteiger partial charge on any atom is -0.342 e. The predicted octanol–water partition coefficient (Wildman–Crippen LogP) is 2.10. The van der Waals surface area contributed by atoms with E-state index in [0.29, 0.717) is 6.54 Å². The van der Waals surface area contributed by atoms with Crippen molar-refractivity contribution in [1.29, 1.82) is 0 Å². The molecule has 0 aromatic heterocycles. The van der Waals surface area contributed by atoms with Crippen molar-refractivity contribution in [3.8, 4) is 0 Å². The third kappa shape index (κ3) is 3.29. The Kier molecular flexibility index (Phi) is 4.31. The molecule has 4 heteroatoms. The lowest BCUT2D eigenvalue weighted by molar-refractivity contribution is -0.129. The van der Waals surface area contributed by atoms with Crippen LogP contribution in [0.25, 0.3) is 0 Å². The number of halogens is 1. The second kappa shape index (κ2) is 5.96. The smallest absolute Gasteiger partial charge is 0.236 e. The number of rotatable bonds is 4. The summed E-state index contributed by atoms with van der Waals surface area (Å²) in [6.45, 7) is 4.08. The van der Waals surface area contributed by atoms with Crippen molar-refractivity contribution in [2.75, 3.05) is 19.6 Å². The highest BCUT2D eigenvalue weighted by molar-refractivity contribution is 5.78. The Balaban J connectivity index is 1.82. The van der Waals surface area contributed by atoms with Crippen LogP contribution in [0.5, 0.6) is 0 Å². The molecular formula is C14H19FN2O. The molecule has 1 heterocycles. The Morgan fingerprint density at radius 3 is 2.56 bits per heavy atom. The molecule has 18 heavy (non-hydrogen) atoms. The van der Waals surface area contributed by atoms with Gasteiger partial charge in [-0.25, -0.2) is 4.39 Å². The first-order chi connectivity index (χ1) is 8.66. The fourth-order valence-electron chi connectivity index (χ4n) is 2.19. The van der Waals surface area contributed by atoms with Crippen LogP contribution in [0, 0.1) is 5.82 Å². The van der Waals surface area contributed by atoms with E-state index in [2.05, 4.69) is 5.32 Å². The van der Waals surface area contributed by atoms with E-state index < -0.39 is 0 Å². The number of nitrogens with zero attached hydrogens (tertiary/aromatic N) is 1. The van der Waals surface area contributed by atoms with Crippen LogP contribution < -0.4 is 5.32 Å². The topological polar surface area (TPSA) is 32.3 Å². The van der Waals surface area contributed by atoms with Gasteiger partial charge >= 0.3 is 0 Å². The van der Waals surface area contributed by atoms with Gasteiger partial charge in [0.15, 0.2) is 0 Å². The molecule has 0 unspecified atom stereocenters. The summed E-state index contributed by atoms with van der Waals surface area (Å²) < 4.78 is 12.8. The average molecular weight is 250 g/mol. The number of nitrogens with one attached hydrogen (secondary N) is 1. The monoisotopic (exact) mass is 250 g/mol. The van der Waals surface area contributed by atoms with Gasteiger partial charge in [-0.3, -0.25) is 4.79 Å². The van der Waals surface area contributed by atoms with Crippen LogP contribution in [0.2, 0.25) is 0 Å². The summed E-state index contributed by atoms with van der Waals surface area (Å²) in [5.74, 6) is -0.0828. The quantitative estimate of drug-likeness (QED) is 0.887. The molecule has 0 aliphatic carbocycles. The number of likely N-dealkylation sites (tertiary alicyclic amines) is 1. The van der Waals surface area contributed by atoms with Crippen LogP contribution in [-0.2, 0) is 4.79 Å². The van der Waals surface area contributed by atoms with E-state index in [1.165, 1.54) is 12.1 Å². The minimum absolute atomic E-state index is 0.0529. The second-order valence-electron chi connectivity index (χ2n) is 4.74. The van der Waals surface area contributed by atoms with Crippen molar-refractivity contribution < 1.29 is 9.18 Å². The van der Waals surface area contributed by atoms with Gasteiger partial charge < -0.3 is 10.2 Å². The average Bonchev–Trinajstić information content (AvgIpc) is 2.90. The molecule has 1 aliphatic rings. The Morgan fingerprint density at radius 2 is 1.94 bits per heavy atom. The maximum absolute atomic E-state index is 12.8. The third-order valence-corrected chi connectivity index (χ3v) is 3.39. The van der Waals surface area contributed by atoms with Crippen molar-refractivity contribution >= 4 is 5.91 Å². The first-order valence-electron chi connectivity index (χ1n) is 6.43. The summed E-state index contributed by atoms with van der Waals surface area (Å²) in [7, 11) is 0. The van der Waals surface area contributed by atoms with Crippen molar-refractivity contribution in [3.05, 3.63) is 35.6 Å². The molecular weight excluding hydrogens is 231 g/mol. The van der Waals surface area contributed by atoms with Gasteiger partial charge in [-0.15, -0.1) is 0 Å². The van der Waals surface area contributed by atoms with Crippen LogP contribution in [0.4, 0.5) is 4.39 Å². The van der Waals surface area contributed by atoms with E-state index in [0.717, 1.165) is 31.5 Å². The number of hydrogen-bond donors (Lipinski definition) is 1.